The molecule has 5 heteroatoms. The molecule has 1 heterocycles. The summed E-state index contributed by atoms with van der Waals surface area (Å²) in [5.74, 6) is 0.130. The SMILES string of the molecule is COCCOc1cc(F)ccc1-c1cc[nH]n1. The predicted molar refractivity (Wildman–Crippen MR) is 61.4 cm³/mol. The van der Waals surface area contributed by atoms with Gasteiger partial charge in [0.15, 0.2) is 0 Å². The summed E-state index contributed by atoms with van der Waals surface area (Å²) in [5, 5.41) is 6.76. The number of rotatable bonds is 5. The fourth-order valence-electron chi connectivity index (χ4n) is 1.47. The normalized spacial score (nSPS) is 10.5. The zero-order valence-electron chi connectivity index (χ0n) is 9.44. The molecule has 0 aliphatic carbocycles. The van der Waals surface area contributed by atoms with Gasteiger partial charge in [0.1, 0.15) is 18.2 Å². The highest BCUT2D eigenvalue weighted by atomic mass is 19.1. The topological polar surface area (TPSA) is 47.1 Å². The van der Waals surface area contributed by atoms with Crippen LogP contribution >= 0.6 is 0 Å². The van der Waals surface area contributed by atoms with E-state index in [1.807, 2.05) is 0 Å². The van der Waals surface area contributed by atoms with Crippen LogP contribution in [-0.2, 0) is 4.74 Å². The number of halogens is 1. The first-order valence-electron chi connectivity index (χ1n) is 5.22. The maximum Gasteiger partial charge on any atom is 0.131 e. The molecule has 1 N–H and O–H groups in total. The summed E-state index contributed by atoms with van der Waals surface area (Å²) in [4.78, 5) is 0. The van der Waals surface area contributed by atoms with Gasteiger partial charge in [-0.2, -0.15) is 5.10 Å². The number of hydrogen-bond acceptors (Lipinski definition) is 3. The molecule has 0 aliphatic rings. The van der Waals surface area contributed by atoms with Crippen LogP contribution in [-0.4, -0.2) is 30.5 Å². The first kappa shape index (κ1) is 11.6. The average molecular weight is 236 g/mol. The molecule has 4 nitrogen and oxygen atoms in total. The van der Waals surface area contributed by atoms with E-state index in [1.165, 1.54) is 12.1 Å². The van der Waals surface area contributed by atoms with Crippen molar-refractivity contribution in [3.05, 3.63) is 36.3 Å². The number of benzene rings is 1. The molecule has 0 radical (unpaired) electrons. The van der Waals surface area contributed by atoms with Gasteiger partial charge in [-0.15, -0.1) is 0 Å². The Morgan fingerprint density at radius 3 is 2.88 bits per heavy atom. The van der Waals surface area contributed by atoms with Crippen LogP contribution in [0.5, 0.6) is 5.75 Å². The standard InChI is InChI=1S/C12H13FN2O2/c1-16-6-7-17-12-8-9(13)2-3-10(12)11-4-5-14-15-11/h2-5,8H,6-7H2,1H3,(H,14,15). The van der Waals surface area contributed by atoms with E-state index in [-0.39, 0.29) is 5.82 Å². The fourth-order valence-corrected chi connectivity index (χ4v) is 1.47. The number of methoxy groups -OCH3 is 1. The molecule has 0 fully saturated rings. The molecular weight excluding hydrogens is 223 g/mol. The van der Waals surface area contributed by atoms with Crippen LogP contribution in [0.1, 0.15) is 0 Å². The van der Waals surface area contributed by atoms with Gasteiger partial charge in [-0.1, -0.05) is 0 Å². The smallest absolute Gasteiger partial charge is 0.131 e. The van der Waals surface area contributed by atoms with Crippen LogP contribution in [0.4, 0.5) is 4.39 Å². The number of nitrogens with zero attached hydrogens (tertiary/aromatic N) is 1. The Labute approximate surface area is 98.4 Å². The number of ether oxygens (including phenoxy) is 2. The van der Waals surface area contributed by atoms with Crippen molar-refractivity contribution in [3.8, 4) is 17.0 Å². The first-order chi connectivity index (χ1) is 8.31. The Morgan fingerprint density at radius 2 is 2.18 bits per heavy atom. The average Bonchev–Trinajstić information content (AvgIpc) is 2.83. The van der Waals surface area contributed by atoms with Crippen LogP contribution < -0.4 is 4.74 Å². The molecule has 0 saturated heterocycles. The zero-order chi connectivity index (χ0) is 12.1. The van der Waals surface area contributed by atoms with E-state index in [0.717, 1.165) is 11.3 Å². The van der Waals surface area contributed by atoms with Gasteiger partial charge in [-0.25, -0.2) is 4.39 Å². The Morgan fingerprint density at radius 1 is 1.29 bits per heavy atom. The lowest BCUT2D eigenvalue weighted by atomic mass is 10.1. The van der Waals surface area contributed by atoms with Gasteiger partial charge in [0, 0.05) is 24.9 Å². The summed E-state index contributed by atoms with van der Waals surface area (Å²) < 4.78 is 23.5. The molecular formula is C12H13FN2O2. The van der Waals surface area contributed by atoms with E-state index in [9.17, 15) is 4.39 Å². The van der Waals surface area contributed by atoms with E-state index < -0.39 is 0 Å². The molecule has 2 rings (SSSR count). The molecule has 0 spiro atoms. The van der Waals surface area contributed by atoms with Crippen LogP contribution in [0.2, 0.25) is 0 Å². The quantitative estimate of drug-likeness (QED) is 0.810. The molecule has 0 amide bonds. The Hall–Kier alpha value is -1.88. The van der Waals surface area contributed by atoms with Crippen molar-refractivity contribution in [1.82, 2.24) is 10.2 Å². The van der Waals surface area contributed by atoms with Crippen molar-refractivity contribution in [1.29, 1.82) is 0 Å². The summed E-state index contributed by atoms with van der Waals surface area (Å²) in [7, 11) is 1.59. The van der Waals surface area contributed by atoms with Gasteiger partial charge < -0.3 is 9.47 Å². The molecule has 1 aromatic heterocycles. The molecule has 0 atom stereocenters. The maximum absolute atomic E-state index is 13.2. The van der Waals surface area contributed by atoms with Gasteiger partial charge in [0.2, 0.25) is 0 Å². The largest absolute Gasteiger partial charge is 0.490 e. The Balaban J connectivity index is 2.25. The molecule has 0 saturated carbocycles. The summed E-state index contributed by atoms with van der Waals surface area (Å²) in [6.45, 7) is 0.827. The molecule has 1 aromatic carbocycles. The monoisotopic (exact) mass is 236 g/mol. The Bertz CT molecular complexity index is 471. The first-order valence-corrected chi connectivity index (χ1v) is 5.22. The van der Waals surface area contributed by atoms with Crippen molar-refractivity contribution < 1.29 is 13.9 Å². The molecule has 2 aromatic rings. The molecule has 0 aliphatic heterocycles. The molecule has 0 unspecified atom stereocenters. The minimum absolute atomic E-state index is 0.336. The second-order valence-electron chi connectivity index (χ2n) is 3.44. The van der Waals surface area contributed by atoms with E-state index >= 15 is 0 Å². The summed E-state index contributed by atoms with van der Waals surface area (Å²) in [6.07, 6.45) is 1.71. The molecule has 0 bridgehead atoms. The van der Waals surface area contributed by atoms with Crippen molar-refractivity contribution in [3.63, 3.8) is 0 Å². The van der Waals surface area contributed by atoms with Crippen LogP contribution in [0.3, 0.4) is 0 Å². The van der Waals surface area contributed by atoms with Gasteiger partial charge in [0.25, 0.3) is 0 Å². The van der Waals surface area contributed by atoms with Crippen LogP contribution in [0.25, 0.3) is 11.3 Å². The summed E-state index contributed by atoms with van der Waals surface area (Å²) in [6, 6.07) is 6.18. The summed E-state index contributed by atoms with van der Waals surface area (Å²) >= 11 is 0. The lowest BCUT2D eigenvalue weighted by Crippen LogP contribution is -2.05. The number of H-pyrrole nitrogens is 1. The second kappa shape index (κ2) is 5.45. The number of aromatic nitrogens is 2. The third kappa shape index (κ3) is 2.82. The third-order valence-corrected chi connectivity index (χ3v) is 2.27. The van der Waals surface area contributed by atoms with E-state index in [2.05, 4.69) is 10.2 Å². The van der Waals surface area contributed by atoms with E-state index in [1.54, 1.807) is 25.4 Å². The maximum atomic E-state index is 13.2. The minimum atomic E-state index is -0.336. The van der Waals surface area contributed by atoms with Crippen LogP contribution in [0, 0.1) is 5.82 Å². The lowest BCUT2D eigenvalue weighted by Gasteiger charge is -2.09. The Kier molecular flexibility index (Phi) is 3.72. The lowest BCUT2D eigenvalue weighted by molar-refractivity contribution is 0.146. The van der Waals surface area contributed by atoms with Crippen molar-refractivity contribution in [2.45, 2.75) is 0 Å². The number of hydrogen-bond donors (Lipinski definition) is 1. The van der Waals surface area contributed by atoms with Crippen molar-refractivity contribution in [2.24, 2.45) is 0 Å². The fraction of sp³-hybridized carbons (Fsp3) is 0.250. The predicted octanol–water partition coefficient (Wildman–Crippen LogP) is 2.24. The highest BCUT2D eigenvalue weighted by Gasteiger charge is 2.09. The highest BCUT2D eigenvalue weighted by molar-refractivity contribution is 5.66. The van der Waals surface area contributed by atoms with Gasteiger partial charge in [-0.3, -0.25) is 5.10 Å². The van der Waals surface area contributed by atoms with Crippen molar-refractivity contribution in [2.75, 3.05) is 20.3 Å². The van der Waals surface area contributed by atoms with E-state index in [4.69, 9.17) is 9.47 Å². The zero-order valence-corrected chi connectivity index (χ0v) is 9.44. The molecule has 90 valence electrons. The van der Waals surface area contributed by atoms with Gasteiger partial charge >= 0.3 is 0 Å². The van der Waals surface area contributed by atoms with Gasteiger partial charge in [-0.05, 0) is 18.2 Å². The van der Waals surface area contributed by atoms with Gasteiger partial charge in [0.05, 0.1) is 12.3 Å². The van der Waals surface area contributed by atoms with Crippen molar-refractivity contribution >= 4 is 0 Å². The highest BCUT2D eigenvalue weighted by Crippen LogP contribution is 2.29. The van der Waals surface area contributed by atoms with Crippen LogP contribution in [0.15, 0.2) is 30.5 Å². The van der Waals surface area contributed by atoms with E-state index in [0.29, 0.717) is 19.0 Å². The number of nitrogens with one attached hydrogen (secondary N) is 1. The summed E-state index contributed by atoms with van der Waals surface area (Å²) in [5.41, 5.74) is 1.47. The second-order valence-corrected chi connectivity index (χ2v) is 3.44. The third-order valence-electron chi connectivity index (χ3n) is 2.27. The minimum Gasteiger partial charge on any atom is -0.490 e. The molecule has 17 heavy (non-hydrogen) atoms. The number of aromatic amines is 1.